The smallest absolute Gasteiger partial charge is 0.378 e. The molecule has 0 spiro atoms. The summed E-state index contributed by atoms with van der Waals surface area (Å²) in [5, 5.41) is 0. The molecular weight excluding hydrogens is 436 g/mol. The number of Topliss-reactive ketones (excluding diaryl/α,β-unsaturated/α-hetero) is 1. The number of anilines is 1. The van der Waals surface area contributed by atoms with Crippen LogP contribution in [0, 0.1) is 12.9 Å². The Hall–Kier alpha value is -3.26. The van der Waals surface area contributed by atoms with Gasteiger partial charge in [0.1, 0.15) is 0 Å². The molecule has 4 nitrogen and oxygen atoms in total. The number of carbonyl (C=O) groups excluding carboxylic acids is 1. The zero-order valence-electron chi connectivity index (χ0n) is 18.0. The number of benzene rings is 2. The highest BCUT2D eigenvalue weighted by molar-refractivity contribution is 5.97. The van der Waals surface area contributed by atoms with Crippen molar-refractivity contribution in [3.05, 3.63) is 82.9 Å². The summed E-state index contributed by atoms with van der Waals surface area (Å²) in [6, 6.07) is 11.6. The first-order valence-electron chi connectivity index (χ1n) is 10.5. The number of carbonyl (C=O) groups is 1. The van der Waals surface area contributed by atoms with E-state index in [4.69, 9.17) is 4.74 Å². The molecule has 2 heterocycles. The second-order valence-electron chi connectivity index (χ2n) is 7.96. The molecule has 1 aliphatic rings. The van der Waals surface area contributed by atoms with Crippen molar-refractivity contribution >= 4 is 11.5 Å². The molecule has 0 amide bonds. The Labute approximate surface area is 188 Å². The highest BCUT2D eigenvalue weighted by atomic mass is 19.4. The van der Waals surface area contributed by atoms with Crippen molar-refractivity contribution in [3.63, 3.8) is 0 Å². The van der Waals surface area contributed by atoms with Crippen LogP contribution in [0.3, 0.4) is 0 Å². The fourth-order valence-electron chi connectivity index (χ4n) is 3.86. The summed E-state index contributed by atoms with van der Waals surface area (Å²) in [7, 11) is 0. The van der Waals surface area contributed by atoms with Crippen LogP contribution in [0.25, 0.3) is 11.1 Å². The Bertz CT molecular complexity index is 1170. The van der Waals surface area contributed by atoms with Gasteiger partial charge in [-0.25, -0.2) is 4.98 Å². The van der Waals surface area contributed by atoms with Crippen LogP contribution in [0.5, 0.6) is 0 Å². The molecule has 1 aromatic heterocycles. The molecule has 2 aromatic carbocycles. The largest absolute Gasteiger partial charge is 0.416 e. The van der Waals surface area contributed by atoms with Crippen LogP contribution in [0.15, 0.2) is 54.7 Å². The molecule has 0 radical (unpaired) electrons. The van der Waals surface area contributed by atoms with E-state index in [1.54, 1.807) is 18.2 Å². The number of aryl methyl sites for hydroxylation is 1. The molecule has 0 N–H and O–H groups in total. The second kappa shape index (κ2) is 9.31. The molecule has 4 rings (SSSR count). The summed E-state index contributed by atoms with van der Waals surface area (Å²) in [4.78, 5) is 18.5. The fourth-order valence-corrected chi connectivity index (χ4v) is 3.86. The first-order valence-corrected chi connectivity index (χ1v) is 10.5. The van der Waals surface area contributed by atoms with Crippen LogP contribution in [0.4, 0.5) is 23.2 Å². The number of aromatic nitrogens is 1. The maximum absolute atomic E-state index is 14.4. The van der Waals surface area contributed by atoms with Gasteiger partial charge in [-0.2, -0.15) is 17.6 Å². The fraction of sp³-hybridized carbons (Fsp3) is 0.280. The standard InChI is InChI=1S/C25H22F4N2O2/c1-16-5-6-17(12-23(32)18-3-2-4-20(13-18)25(27,28)29)11-21(16)19-14-22(24(26)30-15-19)31-7-9-33-10-8-31/h2-6,11,13-15H,7-10,12H2,1H3. The van der Waals surface area contributed by atoms with Gasteiger partial charge in [0, 0.05) is 36.8 Å². The van der Waals surface area contributed by atoms with Crippen LogP contribution in [-0.4, -0.2) is 37.1 Å². The van der Waals surface area contributed by atoms with Gasteiger partial charge in [0.05, 0.1) is 24.5 Å². The van der Waals surface area contributed by atoms with Gasteiger partial charge in [-0.3, -0.25) is 4.79 Å². The Morgan fingerprint density at radius 3 is 2.58 bits per heavy atom. The second-order valence-corrected chi connectivity index (χ2v) is 7.96. The van der Waals surface area contributed by atoms with Gasteiger partial charge >= 0.3 is 6.18 Å². The van der Waals surface area contributed by atoms with Gasteiger partial charge in [-0.1, -0.05) is 30.3 Å². The SMILES string of the molecule is Cc1ccc(CC(=O)c2cccc(C(F)(F)F)c2)cc1-c1cnc(F)c(N2CCOCC2)c1. The van der Waals surface area contributed by atoms with Crippen molar-refractivity contribution in [2.24, 2.45) is 0 Å². The van der Waals surface area contributed by atoms with E-state index in [0.29, 0.717) is 43.1 Å². The van der Waals surface area contributed by atoms with Gasteiger partial charge in [0.15, 0.2) is 5.78 Å². The molecule has 1 aliphatic heterocycles. The highest BCUT2D eigenvalue weighted by Gasteiger charge is 2.30. The molecule has 0 bridgehead atoms. The third kappa shape index (κ3) is 5.22. The number of rotatable bonds is 5. The van der Waals surface area contributed by atoms with Gasteiger partial charge in [-0.05, 0) is 41.8 Å². The number of pyridine rings is 1. The van der Waals surface area contributed by atoms with Crippen molar-refractivity contribution in [2.75, 3.05) is 31.2 Å². The normalized spacial score (nSPS) is 14.4. The quantitative estimate of drug-likeness (QED) is 0.289. The Morgan fingerprint density at radius 1 is 1.09 bits per heavy atom. The van der Waals surface area contributed by atoms with E-state index in [0.717, 1.165) is 23.3 Å². The van der Waals surface area contributed by atoms with Crippen molar-refractivity contribution in [2.45, 2.75) is 19.5 Å². The van der Waals surface area contributed by atoms with Crippen LogP contribution in [-0.2, 0) is 17.3 Å². The van der Waals surface area contributed by atoms with E-state index in [2.05, 4.69) is 4.98 Å². The topological polar surface area (TPSA) is 42.4 Å². The number of alkyl halides is 3. The van der Waals surface area contributed by atoms with Crippen LogP contribution in [0.2, 0.25) is 0 Å². The lowest BCUT2D eigenvalue weighted by Gasteiger charge is -2.29. The molecule has 172 valence electrons. The van der Waals surface area contributed by atoms with E-state index >= 15 is 0 Å². The van der Waals surface area contributed by atoms with Crippen molar-refractivity contribution in [3.8, 4) is 11.1 Å². The predicted octanol–water partition coefficient (Wildman–Crippen LogP) is 5.48. The van der Waals surface area contributed by atoms with Gasteiger partial charge < -0.3 is 9.64 Å². The average Bonchev–Trinajstić information content (AvgIpc) is 2.81. The molecule has 8 heteroatoms. The van der Waals surface area contributed by atoms with E-state index in [-0.39, 0.29) is 12.0 Å². The number of morpholine rings is 1. The molecule has 0 saturated carbocycles. The highest BCUT2D eigenvalue weighted by Crippen LogP contribution is 2.31. The third-order valence-electron chi connectivity index (χ3n) is 5.66. The number of ketones is 1. The molecule has 1 saturated heterocycles. The number of ether oxygens (including phenoxy) is 1. The van der Waals surface area contributed by atoms with Crippen LogP contribution < -0.4 is 4.90 Å². The number of hydrogen-bond acceptors (Lipinski definition) is 4. The van der Waals surface area contributed by atoms with Crippen molar-refractivity contribution in [1.29, 1.82) is 0 Å². The molecular formula is C25H22F4N2O2. The Balaban J connectivity index is 1.61. The molecule has 0 atom stereocenters. The van der Waals surface area contributed by atoms with Crippen LogP contribution in [0.1, 0.15) is 27.0 Å². The monoisotopic (exact) mass is 458 g/mol. The predicted molar refractivity (Wildman–Crippen MR) is 117 cm³/mol. The number of nitrogens with zero attached hydrogens (tertiary/aromatic N) is 2. The number of halogens is 4. The van der Waals surface area contributed by atoms with E-state index in [9.17, 15) is 22.4 Å². The third-order valence-corrected chi connectivity index (χ3v) is 5.66. The van der Waals surface area contributed by atoms with E-state index in [1.807, 2.05) is 17.9 Å². The van der Waals surface area contributed by atoms with Gasteiger partial charge in [0.2, 0.25) is 5.95 Å². The minimum Gasteiger partial charge on any atom is -0.378 e. The molecule has 33 heavy (non-hydrogen) atoms. The molecule has 1 fully saturated rings. The lowest BCUT2D eigenvalue weighted by Crippen LogP contribution is -2.36. The summed E-state index contributed by atoms with van der Waals surface area (Å²) < 4.78 is 58.7. The lowest BCUT2D eigenvalue weighted by atomic mass is 9.95. The first kappa shape index (κ1) is 22.9. The Kier molecular flexibility index (Phi) is 6.47. The van der Waals surface area contributed by atoms with Crippen LogP contribution >= 0.6 is 0 Å². The van der Waals surface area contributed by atoms with E-state index < -0.39 is 23.5 Å². The van der Waals surface area contributed by atoms with Gasteiger partial charge in [-0.15, -0.1) is 0 Å². The minimum atomic E-state index is -4.51. The Morgan fingerprint density at radius 2 is 1.85 bits per heavy atom. The van der Waals surface area contributed by atoms with E-state index in [1.165, 1.54) is 18.3 Å². The lowest BCUT2D eigenvalue weighted by molar-refractivity contribution is -0.137. The van der Waals surface area contributed by atoms with Crippen molar-refractivity contribution in [1.82, 2.24) is 4.98 Å². The molecule has 3 aromatic rings. The van der Waals surface area contributed by atoms with Crippen molar-refractivity contribution < 1.29 is 27.1 Å². The maximum Gasteiger partial charge on any atom is 0.416 e. The zero-order valence-corrected chi connectivity index (χ0v) is 18.0. The summed E-state index contributed by atoms with van der Waals surface area (Å²) in [6.07, 6.45) is -3.12. The summed E-state index contributed by atoms with van der Waals surface area (Å²) in [5.41, 5.74) is 2.58. The summed E-state index contributed by atoms with van der Waals surface area (Å²) in [6.45, 7) is 4.04. The summed E-state index contributed by atoms with van der Waals surface area (Å²) in [5.74, 6) is -0.976. The minimum absolute atomic E-state index is 0.00463. The first-order chi connectivity index (χ1) is 15.7. The average molecular weight is 458 g/mol. The maximum atomic E-state index is 14.4. The molecule has 0 aliphatic carbocycles. The zero-order chi connectivity index (χ0) is 23.6. The number of hydrogen-bond donors (Lipinski definition) is 0. The van der Waals surface area contributed by atoms with Gasteiger partial charge in [0.25, 0.3) is 0 Å². The molecule has 0 unspecified atom stereocenters. The summed E-state index contributed by atoms with van der Waals surface area (Å²) >= 11 is 0.